The Balaban J connectivity index is 3.21. The highest BCUT2D eigenvalue weighted by molar-refractivity contribution is 9.10. The maximum absolute atomic E-state index is 12.5. The van der Waals surface area contributed by atoms with Gasteiger partial charge in [0.25, 0.3) is 6.43 Å². The molecule has 0 amide bonds. The van der Waals surface area contributed by atoms with E-state index in [9.17, 15) is 13.6 Å². The number of rotatable bonds is 3. The largest absolute Gasteiger partial charge is 0.481 e. The number of carboxylic acid groups (broad SMARTS) is 1. The van der Waals surface area contributed by atoms with Crippen LogP contribution in [0.2, 0.25) is 0 Å². The van der Waals surface area contributed by atoms with Gasteiger partial charge in [-0.05, 0) is 27.6 Å². The highest BCUT2D eigenvalue weighted by Crippen LogP contribution is 2.27. The van der Waals surface area contributed by atoms with Gasteiger partial charge in [-0.25, -0.2) is 13.8 Å². The number of nitrogens with two attached hydrogens (primary N) is 1. The molecule has 0 aliphatic carbocycles. The van der Waals surface area contributed by atoms with Gasteiger partial charge in [0.05, 0.1) is 12.1 Å². The molecule has 0 aliphatic heterocycles. The van der Waals surface area contributed by atoms with Gasteiger partial charge >= 0.3 is 5.97 Å². The van der Waals surface area contributed by atoms with Crippen LogP contribution in [0.15, 0.2) is 10.7 Å². The molecule has 0 unspecified atom stereocenters. The number of hydrogen-bond donors (Lipinski definition) is 2. The lowest BCUT2D eigenvalue weighted by Crippen LogP contribution is -2.07. The van der Waals surface area contributed by atoms with Crippen LogP contribution in [0.4, 0.5) is 14.5 Å². The molecule has 0 radical (unpaired) electrons. The van der Waals surface area contributed by atoms with Crippen molar-refractivity contribution in [3.05, 3.63) is 21.9 Å². The molecule has 0 spiro atoms. The van der Waals surface area contributed by atoms with Crippen molar-refractivity contribution in [1.29, 1.82) is 0 Å². The molecule has 1 aromatic rings. The van der Waals surface area contributed by atoms with Crippen molar-refractivity contribution in [3.8, 4) is 0 Å². The second kappa shape index (κ2) is 4.52. The lowest BCUT2D eigenvalue weighted by Gasteiger charge is -2.08. The van der Waals surface area contributed by atoms with Gasteiger partial charge in [0.15, 0.2) is 0 Å². The Bertz CT molecular complexity index is 398. The highest BCUT2D eigenvalue weighted by Gasteiger charge is 2.18. The summed E-state index contributed by atoms with van der Waals surface area (Å²) < 4.78 is 25.0. The first kappa shape index (κ1) is 11.8. The van der Waals surface area contributed by atoms with E-state index in [1.165, 1.54) is 6.07 Å². The summed E-state index contributed by atoms with van der Waals surface area (Å²) in [4.78, 5) is 13.9. The number of alkyl halides is 2. The molecule has 0 bridgehead atoms. The predicted octanol–water partition coefficient (Wildman–Crippen LogP) is 1.99. The number of hydrogen-bond acceptors (Lipinski definition) is 3. The number of nitrogens with zero attached hydrogens (tertiary/aromatic N) is 1. The molecule has 0 saturated heterocycles. The Morgan fingerprint density at radius 1 is 1.67 bits per heavy atom. The van der Waals surface area contributed by atoms with Crippen molar-refractivity contribution >= 4 is 27.6 Å². The number of halogens is 3. The van der Waals surface area contributed by atoms with Crippen molar-refractivity contribution in [2.24, 2.45) is 0 Å². The standard InChI is InChI=1S/C8H7BrF2N2O2/c9-7-4(12)1-3(2-5(14)15)6(13-7)8(10)11/h1,8H,2,12H2,(H,14,15). The van der Waals surface area contributed by atoms with Crippen LogP contribution in [0, 0.1) is 0 Å². The summed E-state index contributed by atoms with van der Waals surface area (Å²) in [5, 5.41) is 8.51. The van der Waals surface area contributed by atoms with E-state index in [1.54, 1.807) is 0 Å². The molecule has 0 atom stereocenters. The van der Waals surface area contributed by atoms with E-state index in [2.05, 4.69) is 20.9 Å². The lowest BCUT2D eigenvalue weighted by molar-refractivity contribution is -0.136. The third kappa shape index (κ3) is 2.85. The average molecular weight is 281 g/mol. The minimum Gasteiger partial charge on any atom is -0.481 e. The molecule has 7 heteroatoms. The zero-order valence-corrected chi connectivity index (χ0v) is 8.96. The molecule has 1 aromatic heterocycles. The summed E-state index contributed by atoms with van der Waals surface area (Å²) >= 11 is 2.90. The van der Waals surface area contributed by atoms with E-state index < -0.39 is 24.5 Å². The van der Waals surface area contributed by atoms with Crippen LogP contribution in [0.25, 0.3) is 0 Å². The fourth-order valence-corrected chi connectivity index (χ4v) is 1.36. The third-order valence-electron chi connectivity index (χ3n) is 1.66. The molecule has 0 saturated carbocycles. The first-order valence-corrected chi connectivity index (χ1v) is 4.66. The van der Waals surface area contributed by atoms with Gasteiger partial charge in [0.1, 0.15) is 10.3 Å². The molecule has 0 fully saturated rings. The van der Waals surface area contributed by atoms with E-state index in [0.717, 1.165) is 0 Å². The fourth-order valence-electron chi connectivity index (χ4n) is 1.06. The molecule has 3 N–H and O–H groups in total. The van der Waals surface area contributed by atoms with Gasteiger partial charge < -0.3 is 10.8 Å². The molecule has 0 aromatic carbocycles. The third-order valence-corrected chi connectivity index (χ3v) is 2.30. The molecule has 82 valence electrons. The molecular formula is C8H7BrF2N2O2. The Morgan fingerprint density at radius 2 is 2.27 bits per heavy atom. The zero-order valence-electron chi connectivity index (χ0n) is 7.38. The molecule has 15 heavy (non-hydrogen) atoms. The second-order valence-electron chi connectivity index (χ2n) is 2.78. The number of pyridine rings is 1. The molecule has 4 nitrogen and oxygen atoms in total. The normalized spacial score (nSPS) is 10.7. The number of aliphatic carboxylic acids is 1. The SMILES string of the molecule is Nc1cc(CC(=O)O)c(C(F)F)nc1Br. The van der Waals surface area contributed by atoms with E-state index in [0.29, 0.717) is 0 Å². The van der Waals surface area contributed by atoms with Gasteiger partial charge in [0.2, 0.25) is 0 Å². The van der Waals surface area contributed by atoms with E-state index in [1.807, 2.05) is 0 Å². The maximum Gasteiger partial charge on any atom is 0.307 e. The Kier molecular flexibility index (Phi) is 3.57. The Labute approximate surface area is 92.2 Å². The van der Waals surface area contributed by atoms with Crippen molar-refractivity contribution in [2.75, 3.05) is 5.73 Å². The van der Waals surface area contributed by atoms with Gasteiger partial charge in [-0.1, -0.05) is 0 Å². The van der Waals surface area contributed by atoms with Crippen LogP contribution < -0.4 is 5.73 Å². The summed E-state index contributed by atoms with van der Waals surface area (Å²) in [7, 11) is 0. The number of nitrogen functional groups attached to an aromatic ring is 1. The van der Waals surface area contributed by atoms with Crippen LogP contribution in [0.1, 0.15) is 17.7 Å². The average Bonchev–Trinajstić information content (AvgIpc) is 2.09. The zero-order chi connectivity index (χ0) is 11.6. The first-order valence-electron chi connectivity index (χ1n) is 3.86. The van der Waals surface area contributed by atoms with Gasteiger partial charge in [-0.2, -0.15) is 0 Å². The number of carboxylic acids is 1. The van der Waals surface area contributed by atoms with Crippen LogP contribution in [0.3, 0.4) is 0 Å². The monoisotopic (exact) mass is 280 g/mol. The topological polar surface area (TPSA) is 76.2 Å². The lowest BCUT2D eigenvalue weighted by atomic mass is 10.1. The second-order valence-corrected chi connectivity index (χ2v) is 3.54. The smallest absolute Gasteiger partial charge is 0.307 e. The van der Waals surface area contributed by atoms with Crippen LogP contribution in [-0.4, -0.2) is 16.1 Å². The van der Waals surface area contributed by atoms with E-state index >= 15 is 0 Å². The minimum absolute atomic E-state index is 0.0711. The van der Waals surface area contributed by atoms with Crippen molar-refractivity contribution in [2.45, 2.75) is 12.8 Å². The van der Waals surface area contributed by atoms with Crippen LogP contribution in [-0.2, 0) is 11.2 Å². The van der Waals surface area contributed by atoms with Crippen molar-refractivity contribution in [1.82, 2.24) is 4.98 Å². The van der Waals surface area contributed by atoms with Crippen molar-refractivity contribution in [3.63, 3.8) is 0 Å². The van der Waals surface area contributed by atoms with Crippen LogP contribution in [0.5, 0.6) is 0 Å². The molecule has 1 rings (SSSR count). The highest BCUT2D eigenvalue weighted by atomic mass is 79.9. The molecule has 0 aliphatic rings. The van der Waals surface area contributed by atoms with E-state index in [4.69, 9.17) is 10.8 Å². The number of anilines is 1. The Hall–Kier alpha value is -1.24. The summed E-state index contributed by atoms with van der Waals surface area (Å²) in [6, 6.07) is 1.19. The predicted molar refractivity (Wildman–Crippen MR) is 52.6 cm³/mol. The summed E-state index contributed by atoms with van der Waals surface area (Å²) in [6.07, 6.45) is -3.35. The molecular weight excluding hydrogens is 274 g/mol. The first-order chi connectivity index (χ1) is 6.91. The minimum atomic E-state index is -2.82. The van der Waals surface area contributed by atoms with E-state index in [-0.39, 0.29) is 15.9 Å². The summed E-state index contributed by atoms with van der Waals surface area (Å²) in [6.45, 7) is 0. The van der Waals surface area contributed by atoms with Gasteiger partial charge in [0, 0.05) is 0 Å². The van der Waals surface area contributed by atoms with Gasteiger partial charge in [-0.3, -0.25) is 4.79 Å². The number of carbonyl (C=O) groups is 1. The summed E-state index contributed by atoms with van der Waals surface area (Å²) in [5.74, 6) is -1.21. The maximum atomic E-state index is 12.5. The number of aromatic nitrogens is 1. The quantitative estimate of drug-likeness (QED) is 0.831. The Morgan fingerprint density at radius 3 is 2.73 bits per heavy atom. The van der Waals surface area contributed by atoms with Gasteiger partial charge in [-0.15, -0.1) is 0 Å². The fraction of sp³-hybridized carbons (Fsp3) is 0.250. The summed E-state index contributed by atoms with van der Waals surface area (Å²) in [5.41, 5.74) is 4.92. The molecule has 1 heterocycles. The van der Waals surface area contributed by atoms with Crippen molar-refractivity contribution < 1.29 is 18.7 Å². The van der Waals surface area contributed by atoms with Crippen LogP contribution >= 0.6 is 15.9 Å².